The lowest BCUT2D eigenvalue weighted by Crippen LogP contribution is -2.22. The molecule has 8 heteroatoms. The Kier molecular flexibility index (Phi) is 4.22. The summed E-state index contributed by atoms with van der Waals surface area (Å²) in [6, 6.07) is 1.60. The summed E-state index contributed by atoms with van der Waals surface area (Å²) in [5.41, 5.74) is 4.76. The van der Waals surface area contributed by atoms with Crippen molar-refractivity contribution in [1.29, 1.82) is 0 Å². The lowest BCUT2D eigenvalue weighted by atomic mass is 10.3. The van der Waals surface area contributed by atoms with Crippen molar-refractivity contribution in [3.63, 3.8) is 0 Å². The van der Waals surface area contributed by atoms with Gasteiger partial charge in [-0.05, 0) is 22.0 Å². The molecule has 0 aliphatic rings. The molecule has 0 amide bonds. The van der Waals surface area contributed by atoms with E-state index in [9.17, 15) is 17.2 Å². The molecule has 0 saturated heterocycles. The van der Waals surface area contributed by atoms with Crippen LogP contribution in [0.3, 0.4) is 0 Å². The molecule has 0 unspecified atom stereocenters. The quantitative estimate of drug-likeness (QED) is 0.826. The number of nitrogens with one attached hydrogen (secondary N) is 1. The number of nitrogens with two attached hydrogens (primary N) is 1. The number of benzene rings is 1. The smallest absolute Gasteiger partial charge is 0.234 e. The first kappa shape index (κ1) is 13.3. The fourth-order valence-electron chi connectivity index (χ4n) is 0.974. The minimum Gasteiger partial charge on any atom is -0.329 e. The van der Waals surface area contributed by atoms with E-state index in [4.69, 9.17) is 5.73 Å². The Bertz CT molecular complexity index is 493. The number of sulfonamides is 1. The lowest BCUT2D eigenvalue weighted by molar-refractivity contribution is 0.579. The monoisotopic (exact) mass is 314 g/mol. The second-order valence-corrected chi connectivity index (χ2v) is 5.65. The highest BCUT2D eigenvalue weighted by Crippen LogP contribution is 2.24. The maximum absolute atomic E-state index is 13.2. The van der Waals surface area contributed by atoms with E-state index >= 15 is 0 Å². The van der Waals surface area contributed by atoms with Gasteiger partial charge in [-0.2, -0.15) is 0 Å². The van der Waals surface area contributed by atoms with Crippen molar-refractivity contribution >= 4 is 31.6 Å². The van der Waals surface area contributed by atoms with Crippen LogP contribution in [0.1, 0.15) is 0 Å². The molecule has 0 aliphatic heterocycles. The van der Waals surface area contributed by atoms with Gasteiger partial charge < -0.3 is 5.73 Å². The zero-order valence-electron chi connectivity index (χ0n) is 8.00. The molecule has 1 aromatic rings. The van der Waals surface area contributed by atoms with Gasteiger partial charge in [0.25, 0.3) is 0 Å². The average molecular weight is 315 g/mol. The first-order valence-electron chi connectivity index (χ1n) is 4.21. The van der Waals surface area contributed by atoms with E-state index in [-0.39, 0.29) is 22.5 Å². The predicted octanol–water partition coefficient (Wildman–Crippen LogP) is 1.43. The Morgan fingerprint density at radius 2 is 1.94 bits per heavy atom. The van der Waals surface area contributed by atoms with E-state index in [0.717, 1.165) is 6.07 Å². The van der Waals surface area contributed by atoms with Crippen molar-refractivity contribution in [3.05, 3.63) is 28.2 Å². The van der Waals surface area contributed by atoms with Crippen molar-refractivity contribution in [2.24, 2.45) is 5.73 Å². The number of hydrogen-bond acceptors (Lipinski definition) is 3. The Morgan fingerprint density at radius 1 is 1.31 bits per heavy atom. The number of hydrogen-bond donors (Lipinski definition) is 2. The van der Waals surface area contributed by atoms with Crippen LogP contribution in [0.4, 0.5) is 14.5 Å². The van der Waals surface area contributed by atoms with Crippen LogP contribution in [0.15, 0.2) is 16.6 Å². The molecule has 0 aromatic heterocycles. The summed E-state index contributed by atoms with van der Waals surface area (Å²) in [6.45, 7) is -0.0840. The number of halogens is 3. The first-order chi connectivity index (χ1) is 7.35. The summed E-state index contributed by atoms with van der Waals surface area (Å²) in [4.78, 5) is 0. The fraction of sp³-hybridized carbons (Fsp3) is 0.250. The van der Waals surface area contributed by atoms with Crippen molar-refractivity contribution in [3.8, 4) is 0 Å². The topological polar surface area (TPSA) is 72.2 Å². The lowest BCUT2D eigenvalue weighted by Gasteiger charge is -2.08. The zero-order valence-corrected chi connectivity index (χ0v) is 10.4. The van der Waals surface area contributed by atoms with Crippen molar-refractivity contribution < 1.29 is 17.2 Å². The van der Waals surface area contributed by atoms with Crippen molar-refractivity contribution in [2.75, 3.05) is 17.0 Å². The summed E-state index contributed by atoms with van der Waals surface area (Å²) in [7, 11) is -3.70. The van der Waals surface area contributed by atoms with Gasteiger partial charge in [-0.25, -0.2) is 17.2 Å². The van der Waals surface area contributed by atoms with E-state index in [1.54, 1.807) is 0 Å². The molecule has 90 valence electrons. The second kappa shape index (κ2) is 5.07. The molecule has 0 saturated carbocycles. The largest absolute Gasteiger partial charge is 0.329 e. The zero-order chi connectivity index (χ0) is 12.3. The molecule has 0 bridgehead atoms. The summed E-state index contributed by atoms with van der Waals surface area (Å²) >= 11 is 2.83. The maximum atomic E-state index is 13.2. The van der Waals surface area contributed by atoms with Crippen LogP contribution < -0.4 is 10.5 Å². The molecular formula is C8H9BrF2N2O2S. The third kappa shape index (κ3) is 3.39. The molecular weight excluding hydrogens is 306 g/mol. The van der Waals surface area contributed by atoms with Crippen LogP contribution in [0.5, 0.6) is 0 Å². The van der Waals surface area contributed by atoms with Gasteiger partial charge in [0.1, 0.15) is 11.6 Å². The summed E-state index contributed by atoms with van der Waals surface area (Å²) in [5, 5.41) is 0. The van der Waals surface area contributed by atoms with E-state index in [1.165, 1.54) is 0 Å². The second-order valence-electron chi connectivity index (χ2n) is 2.96. The Morgan fingerprint density at radius 3 is 2.50 bits per heavy atom. The molecule has 3 N–H and O–H groups in total. The fourth-order valence-corrected chi connectivity index (χ4v) is 2.22. The van der Waals surface area contributed by atoms with E-state index in [2.05, 4.69) is 15.9 Å². The number of anilines is 1. The normalized spacial score (nSPS) is 11.5. The van der Waals surface area contributed by atoms with Crippen molar-refractivity contribution in [2.45, 2.75) is 0 Å². The molecule has 1 rings (SSSR count). The van der Waals surface area contributed by atoms with E-state index in [1.807, 2.05) is 4.72 Å². The van der Waals surface area contributed by atoms with Gasteiger partial charge in [0.05, 0.1) is 15.9 Å². The maximum Gasteiger partial charge on any atom is 0.234 e. The standard InChI is InChI=1S/C8H9BrF2N2O2S/c9-5-3-8(7(11)4-6(5)10)13-16(14,15)2-1-12/h3-4,13H,1-2,12H2. The Hall–Kier alpha value is -0.730. The SMILES string of the molecule is NCCS(=O)(=O)Nc1cc(Br)c(F)cc1F. The molecule has 1 aromatic carbocycles. The van der Waals surface area contributed by atoms with Crippen LogP contribution in [-0.4, -0.2) is 20.7 Å². The first-order valence-corrected chi connectivity index (χ1v) is 6.65. The predicted molar refractivity (Wildman–Crippen MR) is 60.5 cm³/mol. The van der Waals surface area contributed by atoms with Crippen LogP contribution in [0.25, 0.3) is 0 Å². The molecule has 0 radical (unpaired) electrons. The third-order valence-electron chi connectivity index (χ3n) is 1.66. The minimum absolute atomic E-state index is 0.0284. The Balaban J connectivity index is 3.03. The van der Waals surface area contributed by atoms with Gasteiger partial charge in [0, 0.05) is 12.6 Å². The molecule has 0 aliphatic carbocycles. The van der Waals surface area contributed by atoms with E-state index in [0.29, 0.717) is 6.07 Å². The van der Waals surface area contributed by atoms with Gasteiger partial charge in [-0.3, -0.25) is 4.72 Å². The van der Waals surface area contributed by atoms with Gasteiger partial charge in [-0.1, -0.05) is 0 Å². The Labute approximate surface area is 100 Å². The number of rotatable bonds is 4. The summed E-state index contributed by atoms with van der Waals surface area (Å²) < 4.78 is 50.5. The van der Waals surface area contributed by atoms with Gasteiger partial charge in [0.2, 0.25) is 10.0 Å². The minimum atomic E-state index is -3.70. The molecule has 4 nitrogen and oxygen atoms in total. The van der Waals surface area contributed by atoms with Crippen LogP contribution in [0.2, 0.25) is 0 Å². The average Bonchev–Trinajstić information content (AvgIpc) is 2.13. The van der Waals surface area contributed by atoms with Gasteiger partial charge >= 0.3 is 0 Å². The van der Waals surface area contributed by atoms with E-state index < -0.39 is 21.7 Å². The van der Waals surface area contributed by atoms with Crippen LogP contribution in [-0.2, 0) is 10.0 Å². The molecule has 0 fully saturated rings. The van der Waals surface area contributed by atoms with Crippen LogP contribution >= 0.6 is 15.9 Å². The summed E-state index contributed by atoms with van der Waals surface area (Å²) in [5.74, 6) is -2.12. The van der Waals surface area contributed by atoms with Gasteiger partial charge in [0.15, 0.2) is 0 Å². The van der Waals surface area contributed by atoms with Crippen LogP contribution in [0, 0.1) is 11.6 Å². The molecule has 0 atom stereocenters. The molecule has 0 heterocycles. The van der Waals surface area contributed by atoms with Crippen molar-refractivity contribution in [1.82, 2.24) is 0 Å². The molecule has 16 heavy (non-hydrogen) atoms. The highest BCUT2D eigenvalue weighted by molar-refractivity contribution is 9.10. The third-order valence-corrected chi connectivity index (χ3v) is 3.57. The summed E-state index contributed by atoms with van der Waals surface area (Å²) in [6.07, 6.45) is 0. The molecule has 0 spiro atoms. The highest BCUT2D eigenvalue weighted by Gasteiger charge is 2.14. The van der Waals surface area contributed by atoms with Gasteiger partial charge in [-0.15, -0.1) is 0 Å². The highest BCUT2D eigenvalue weighted by atomic mass is 79.9.